The minimum absolute atomic E-state index is 0.302. The summed E-state index contributed by atoms with van der Waals surface area (Å²) in [5.74, 6) is -0.379. The molecule has 0 aromatic rings. The lowest BCUT2D eigenvalue weighted by Gasteiger charge is -2.31. The summed E-state index contributed by atoms with van der Waals surface area (Å²) < 4.78 is 10.4. The average Bonchev–Trinajstić information content (AvgIpc) is 2.32. The monoisotopic (exact) mass is 351 g/mol. The maximum Gasteiger partial charge on any atom is 0.411 e. The third-order valence-electron chi connectivity index (χ3n) is 2.48. The van der Waals surface area contributed by atoms with Crippen molar-refractivity contribution in [3.05, 3.63) is 0 Å². The molecule has 6 heteroatoms. The molecule has 0 radical (unpaired) electrons. The van der Waals surface area contributed by atoms with Crippen LogP contribution in [0.25, 0.3) is 0 Å². The highest BCUT2D eigenvalue weighted by Crippen LogP contribution is 2.15. The third kappa shape index (κ3) is 7.12. The molecule has 0 spiro atoms. The van der Waals surface area contributed by atoms with Crippen molar-refractivity contribution in [1.82, 2.24) is 4.90 Å². The van der Waals surface area contributed by atoms with Gasteiger partial charge < -0.3 is 9.47 Å². The van der Waals surface area contributed by atoms with Crippen molar-refractivity contribution in [3.8, 4) is 0 Å². The zero-order valence-corrected chi connectivity index (χ0v) is 14.7. The van der Waals surface area contributed by atoms with Gasteiger partial charge in [-0.3, -0.25) is 4.90 Å². The minimum Gasteiger partial charge on any atom is -0.464 e. The minimum atomic E-state index is -0.594. The number of hydrogen-bond acceptors (Lipinski definition) is 4. The fourth-order valence-electron chi connectivity index (χ4n) is 1.68. The van der Waals surface area contributed by atoms with Crippen molar-refractivity contribution in [2.45, 2.75) is 59.1 Å². The highest BCUT2D eigenvalue weighted by molar-refractivity contribution is 9.09. The molecule has 0 aliphatic heterocycles. The molecule has 0 N–H and O–H groups in total. The Labute approximate surface area is 130 Å². The Morgan fingerprint density at radius 3 is 2.25 bits per heavy atom. The van der Waals surface area contributed by atoms with Crippen molar-refractivity contribution >= 4 is 28.0 Å². The lowest BCUT2D eigenvalue weighted by Crippen LogP contribution is -2.48. The quantitative estimate of drug-likeness (QED) is 0.521. The first-order chi connectivity index (χ1) is 9.26. The number of carbonyl (C=O) groups excluding carboxylic acids is 2. The van der Waals surface area contributed by atoms with Crippen LogP contribution in [0, 0.1) is 0 Å². The van der Waals surface area contributed by atoms with Crippen LogP contribution in [0.4, 0.5) is 4.79 Å². The van der Waals surface area contributed by atoms with Crippen LogP contribution in [0.1, 0.15) is 47.5 Å². The van der Waals surface area contributed by atoms with Crippen molar-refractivity contribution < 1.29 is 19.1 Å². The molecule has 0 unspecified atom stereocenters. The van der Waals surface area contributed by atoms with Crippen LogP contribution in [0.2, 0.25) is 0 Å². The summed E-state index contributed by atoms with van der Waals surface area (Å²) in [6.45, 7) is 9.78. The Balaban J connectivity index is 4.99. The normalized spacial score (nSPS) is 12.7. The Kier molecular flexibility index (Phi) is 8.85. The van der Waals surface area contributed by atoms with Crippen LogP contribution in [0.5, 0.6) is 0 Å². The highest BCUT2D eigenvalue weighted by Gasteiger charge is 2.32. The molecular formula is C14H26BrNO4. The summed E-state index contributed by atoms with van der Waals surface area (Å²) in [6, 6.07) is -0.594. The fraction of sp³-hybridized carbons (Fsp3) is 0.857. The molecule has 1 amide bonds. The molecule has 0 rings (SSSR count). The molecule has 0 aromatic carbocycles. The second kappa shape index (κ2) is 9.21. The van der Waals surface area contributed by atoms with Crippen LogP contribution >= 0.6 is 15.9 Å². The lowest BCUT2D eigenvalue weighted by atomic mass is 10.2. The van der Waals surface area contributed by atoms with Crippen molar-refractivity contribution in [2.75, 3.05) is 18.5 Å². The largest absolute Gasteiger partial charge is 0.464 e. The Morgan fingerprint density at radius 2 is 1.85 bits per heavy atom. The summed E-state index contributed by atoms with van der Waals surface area (Å²) in [7, 11) is 0. The standard InChI is InChI=1S/C14H26BrNO4/c1-6-11(12(17)19-7-2)16(10-8-9-15)13(18)20-14(3,4)5/h11H,6-10H2,1-5H3/t11-/m0/s1. The van der Waals surface area contributed by atoms with Gasteiger partial charge in [-0.05, 0) is 40.5 Å². The predicted octanol–water partition coefficient (Wildman–Crippen LogP) is 3.35. The maximum absolute atomic E-state index is 12.3. The predicted molar refractivity (Wildman–Crippen MR) is 82.1 cm³/mol. The Bertz CT molecular complexity index is 315. The Hall–Kier alpha value is -0.780. The number of nitrogens with zero attached hydrogens (tertiary/aromatic N) is 1. The van der Waals surface area contributed by atoms with Gasteiger partial charge in [0.15, 0.2) is 0 Å². The molecule has 118 valence electrons. The van der Waals surface area contributed by atoms with Gasteiger partial charge in [-0.15, -0.1) is 0 Å². The van der Waals surface area contributed by atoms with E-state index in [1.807, 2.05) is 6.92 Å². The van der Waals surface area contributed by atoms with Gasteiger partial charge >= 0.3 is 12.1 Å². The van der Waals surface area contributed by atoms with Gasteiger partial charge in [-0.2, -0.15) is 0 Å². The van der Waals surface area contributed by atoms with E-state index in [9.17, 15) is 9.59 Å². The van der Waals surface area contributed by atoms with Crippen LogP contribution in [-0.4, -0.2) is 47.1 Å². The van der Waals surface area contributed by atoms with E-state index in [-0.39, 0.29) is 5.97 Å². The van der Waals surface area contributed by atoms with Gasteiger partial charge in [0.1, 0.15) is 11.6 Å². The number of hydrogen-bond donors (Lipinski definition) is 0. The van der Waals surface area contributed by atoms with E-state index in [2.05, 4.69) is 15.9 Å². The molecule has 0 heterocycles. The van der Waals surface area contributed by atoms with E-state index >= 15 is 0 Å². The number of carbonyl (C=O) groups is 2. The smallest absolute Gasteiger partial charge is 0.411 e. The molecular weight excluding hydrogens is 326 g/mol. The van der Waals surface area contributed by atoms with E-state index in [1.165, 1.54) is 4.90 Å². The molecule has 0 fully saturated rings. The first-order valence-electron chi connectivity index (χ1n) is 6.99. The fourth-order valence-corrected chi connectivity index (χ4v) is 1.93. The number of rotatable bonds is 7. The average molecular weight is 352 g/mol. The molecule has 5 nitrogen and oxygen atoms in total. The van der Waals surface area contributed by atoms with Gasteiger partial charge in [0.25, 0.3) is 0 Å². The van der Waals surface area contributed by atoms with E-state index in [0.29, 0.717) is 19.6 Å². The van der Waals surface area contributed by atoms with Crippen LogP contribution in [0.15, 0.2) is 0 Å². The van der Waals surface area contributed by atoms with Gasteiger partial charge in [0.2, 0.25) is 0 Å². The van der Waals surface area contributed by atoms with E-state index in [4.69, 9.17) is 9.47 Å². The topological polar surface area (TPSA) is 55.8 Å². The highest BCUT2D eigenvalue weighted by atomic mass is 79.9. The zero-order chi connectivity index (χ0) is 15.8. The number of esters is 1. The number of amides is 1. The lowest BCUT2D eigenvalue weighted by molar-refractivity contribution is -0.149. The van der Waals surface area contributed by atoms with Gasteiger partial charge in [-0.1, -0.05) is 22.9 Å². The molecule has 0 saturated carbocycles. The number of ether oxygens (including phenoxy) is 2. The molecule has 0 aromatic heterocycles. The second-order valence-corrected chi connectivity index (χ2v) is 6.19. The molecule has 1 atom stereocenters. The summed E-state index contributed by atoms with van der Waals surface area (Å²) in [6.07, 6.45) is 0.772. The third-order valence-corrected chi connectivity index (χ3v) is 3.04. The molecule has 0 bridgehead atoms. The summed E-state index contributed by atoms with van der Waals surface area (Å²) >= 11 is 3.33. The van der Waals surface area contributed by atoms with Crippen LogP contribution < -0.4 is 0 Å². The van der Waals surface area contributed by atoms with E-state index in [1.54, 1.807) is 27.7 Å². The van der Waals surface area contributed by atoms with Crippen molar-refractivity contribution in [3.63, 3.8) is 0 Å². The van der Waals surface area contributed by atoms with E-state index in [0.717, 1.165) is 11.8 Å². The van der Waals surface area contributed by atoms with E-state index < -0.39 is 17.7 Å². The Morgan fingerprint density at radius 1 is 1.25 bits per heavy atom. The van der Waals surface area contributed by atoms with Gasteiger partial charge in [-0.25, -0.2) is 9.59 Å². The van der Waals surface area contributed by atoms with Crippen molar-refractivity contribution in [2.24, 2.45) is 0 Å². The second-order valence-electron chi connectivity index (χ2n) is 5.39. The molecule has 0 aliphatic rings. The maximum atomic E-state index is 12.3. The number of alkyl halides is 1. The summed E-state index contributed by atoms with van der Waals surface area (Å²) in [5, 5.41) is 0.756. The summed E-state index contributed by atoms with van der Waals surface area (Å²) in [4.78, 5) is 25.7. The van der Waals surface area contributed by atoms with Gasteiger partial charge in [0, 0.05) is 11.9 Å². The van der Waals surface area contributed by atoms with Crippen LogP contribution in [0.3, 0.4) is 0 Å². The molecule has 20 heavy (non-hydrogen) atoms. The SMILES string of the molecule is CCOC(=O)[C@H](CC)N(CCCBr)C(=O)OC(C)(C)C. The molecule has 0 aliphatic carbocycles. The molecule has 0 saturated heterocycles. The number of halogens is 1. The zero-order valence-electron chi connectivity index (χ0n) is 13.1. The first kappa shape index (κ1) is 19.2. The van der Waals surface area contributed by atoms with Gasteiger partial charge in [0.05, 0.1) is 6.61 Å². The van der Waals surface area contributed by atoms with Crippen molar-refractivity contribution in [1.29, 1.82) is 0 Å². The van der Waals surface area contributed by atoms with Crippen LogP contribution in [-0.2, 0) is 14.3 Å². The first-order valence-corrected chi connectivity index (χ1v) is 8.11. The summed E-state index contributed by atoms with van der Waals surface area (Å²) in [5.41, 5.74) is -0.587.